The summed E-state index contributed by atoms with van der Waals surface area (Å²) in [6.45, 7) is 5.77. The second-order valence-electron chi connectivity index (χ2n) is 11.3. The molecule has 3 aliphatic rings. The summed E-state index contributed by atoms with van der Waals surface area (Å²) in [7, 11) is 3.91. The van der Waals surface area contributed by atoms with Crippen molar-refractivity contribution >= 4 is 35.1 Å². The minimum absolute atomic E-state index is 0.0796. The molecule has 0 spiro atoms. The van der Waals surface area contributed by atoms with Gasteiger partial charge in [-0.25, -0.2) is 4.52 Å². The number of nitrogens with zero attached hydrogens (tertiary/aromatic N) is 8. The van der Waals surface area contributed by atoms with Crippen LogP contribution in [0.4, 0.5) is 17.3 Å². The number of piperidine rings is 1. The molecule has 13 heteroatoms. The molecule has 6 rings (SSSR count). The van der Waals surface area contributed by atoms with E-state index in [1.165, 1.54) is 6.21 Å². The van der Waals surface area contributed by atoms with Crippen LogP contribution in [0, 0.1) is 17.2 Å². The predicted octanol–water partition coefficient (Wildman–Crippen LogP) is 1.43. The number of carbonyl (C=O) groups excluding carboxylic acids is 1. The number of hydrogen-bond donors (Lipinski definition) is 3. The number of anilines is 3. The highest BCUT2D eigenvalue weighted by Crippen LogP contribution is 2.41. The van der Waals surface area contributed by atoms with E-state index in [0.717, 1.165) is 74.7 Å². The second-order valence-corrected chi connectivity index (χ2v) is 11.3. The number of ether oxygens (including phenoxy) is 1. The Morgan fingerprint density at radius 1 is 1.20 bits per heavy atom. The van der Waals surface area contributed by atoms with E-state index in [-0.39, 0.29) is 18.6 Å². The molecule has 13 nitrogen and oxygen atoms in total. The first kappa shape index (κ1) is 27.2. The fourth-order valence-corrected chi connectivity index (χ4v) is 6.27. The van der Waals surface area contributed by atoms with E-state index < -0.39 is 0 Å². The third kappa shape index (κ3) is 5.91. The van der Waals surface area contributed by atoms with Crippen molar-refractivity contribution in [3.05, 3.63) is 42.5 Å². The number of amides is 1. The van der Waals surface area contributed by atoms with Gasteiger partial charge in [-0.15, -0.1) is 5.10 Å². The third-order valence-corrected chi connectivity index (χ3v) is 8.43. The molecule has 2 aliphatic heterocycles. The van der Waals surface area contributed by atoms with E-state index in [2.05, 4.69) is 43.7 Å². The Morgan fingerprint density at radius 3 is 2.71 bits per heavy atom. The van der Waals surface area contributed by atoms with Crippen molar-refractivity contribution in [2.75, 3.05) is 70.2 Å². The summed E-state index contributed by atoms with van der Waals surface area (Å²) >= 11 is 0. The Balaban J connectivity index is 1.10. The molecule has 3 aromatic heterocycles. The molecule has 2 saturated heterocycles. The van der Waals surface area contributed by atoms with Crippen molar-refractivity contribution in [1.29, 1.82) is 5.41 Å². The molecule has 5 heterocycles. The van der Waals surface area contributed by atoms with Crippen molar-refractivity contribution < 1.29 is 9.53 Å². The molecule has 41 heavy (non-hydrogen) atoms. The minimum atomic E-state index is 0.0796. The van der Waals surface area contributed by atoms with Crippen LogP contribution in [0.5, 0.6) is 0 Å². The highest BCUT2D eigenvalue weighted by atomic mass is 16.5. The lowest BCUT2D eigenvalue weighted by molar-refractivity contribution is -0.133. The van der Waals surface area contributed by atoms with Crippen LogP contribution in [0.1, 0.15) is 12.8 Å². The van der Waals surface area contributed by atoms with E-state index in [0.29, 0.717) is 24.4 Å². The maximum Gasteiger partial charge on any atom is 0.247 e. The lowest BCUT2D eigenvalue weighted by Crippen LogP contribution is -2.48. The van der Waals surface area contributed by atoms with Gasteiger partial charge in [-0.3, -0.25) is 9.48 Å². The van der Waals surface area contributed by atoms with Gasteiger partial charge in [0.05, 0.1) is 30.3 Å². The van der Waals surface area contributed by atoms with Crippen molar-refractivity contribution in [1.82, 2.24) is 39.5 Å². The van der Waals surface area contributed by atoms with Crippen molar-refractivity contribution in [2.24, 2.45) is 11.8 Å². The van der Waals surface area contributed by atoms with Gasteiger partial charge in [0.25, 0.3) is 0 Å². The molecule has 3 fully saturated rings. The van der Waals surface area contributed by atoms with E-state index in [9.17, 15) is 4.79 Å². The van der Waals surface area contributed by atoms with Gasteiger partial charge in [0.2, 0.25) is 11.9 Å². The topological polar surface area (TPSA) is 132 Å². The first-order valence-electron chi connectivity index (χ1n) is 14.3. The van der Waals surface area contributed by atoms with Crippen molar-refractivity contribution in [3.8, 4) is 0 Å². The third-order valence-electron chi connectivity index (χ3n) is 8.43. The van der Waals surface area contributed by atoms with Crippen LogP contribution in [-0.2, 0) is 16.1 Å². The van der Waals surface area contributed by atoms with E-state index in [1.54, 1.807) is 10.9 Å². The molecule has 3 atom stereocenters. The minimum Gasteiger partial charge on any atom is -0.394 e. The molecule has 3 N–H and O–H groups in total. The average molecular weight is 562 g/mol. The van der Waals surface area contributed by atoms with Gasteiger partial charge >= 0.3 is 0 Å². The lowest BCUT2D eigenvalue weighted by atomic mass is 9.94. The fourth-order valence-electron chi connectivity index (χ4n) is 6.27. The largest absolute Gasteiger partial charge is 0.394 e. The van der Waals surface area contributed by atoms with Crippen LogP contribution in [0.25, 0.3) is 5.65 Å². The zero-order chi connectivity index (χ0) is 28.3. The van der Waals surface area contributed by atoms with Gasteiger partial charge in [-0.1, -0.05) is 0 Å². The summed E-state index contributed by atoms with van der Waals surface area (Å²) in [5.41, 5.74) is 3.44. The number of piperazine rings is 1. The summed E-state index contributed by atoms with van der Waals surface area (Å²) < 4.78 is 9.79. The lowest BCUT2D eigenvalue weighted by Gasteiger charge is -2.39. The molecular weight excluding hydrogens is 522 g/mol. The number of nitrogens with one attached hydrogen (secondary N) is 3. The number of fused-ring (bicyclic) bond motifs is 3. The first-order valence-corrected chi connectivity index (χ1v) is 14.3. The van der Waals surface area contributed by atoms with E-state index in [1.807, 2.05) is 41.1 Å². The van der Waals surface area contributed by atoms with Crippen LogP contribution in [0.3, 0.4) is 0 Å². The smallest absolute Gasteiger partial charge is 0.247 e. The number of hydrogen-bond acceptors (Lipinski definition) is 10. The summed E-state index contributed by atoms with van der Waals surface area (Å²) in [6, 6.07) is 4.12. The molecule has 0 radical (unpaired) electrons. The van der Waals surface area contributed by atoms with Gasteiger partial charge in [-0.05, 0) is 32.0 Å². The SMILES string of the molecule is CN/C=C(\C=N)CO[C@H]1[C@@H]2CC[C@H]1CN(c1cccn3nc(Nc4cnn(CC(=O)N5CCN(C)CC5)c4)nc13)C2. The molecule has 1 amide bonds. The Kier molecular flexibility index (Phi) is 7.88. The quantitative estimate of drug-likeness (QED) is 0.315. The highest BCUT2D eigenvalue weighted by Gasteiger charge is 2.43. The van der Waals surface area contributed by atoms with Gasteiger partial charge in [0, 0.05) is 88.5 Å². The number of rotatable bonds is 10. The Morgan fingerprint density at radius 2 is 1.98 bits per heavy atom. The van der Waals surface area contributed by atoms with Crippen molar-refractivity contribution in [3.63, 3.8) is 0 Å². The number of carbonyl (C=O) groups is 1. The molecule has 2 bridgehead atoms. The highest BCUT2D eigenvalue weighted by molar-refractivity contribution is 5.76. The molecule has 1 aliphatic carbocycles. The second kappa shape index (κ2) is 11.9. The summed E-state index contributed by atoms with van der Waals surface area (Å²) in [6.07, 6.45) is 11.1. The molecule has 3 aromatic rings. The number of likely N-dealkylation sites (N-methyl/N-ethyl adjacent to an activating group) is 1. The van der Waals surface area contributed by atoms with Crippen LogP contribution >= 0.6 is 0 Å². The fraction of sp³-hybridized carbons (Fsp3) is 0.536. The molecular formula is C28H39N11O2. The number of pyridine rings is 1. The summed E-state index contributed by atoms with van der Waals surface area (Å²) in [4.78, 5) is 24.1. The molecule has 1 saturated carbocycles. The molecule has 0 unspecified atom stereocenters. The monoisotopic (exact) mass is 561 g/mol. The van der Waals surface area contributed by atoms with Gasteiger partial charge < -0.3 is 35.5 Å². The zero-order valence-electron chi connectivity index (χ0n) is 23.7. The normalized spacial score (nSPS) is 23.3. The number of aromatic nitrogens is 5. The molecule has 0 aromatic carbocycles. The van der Waals surface area contributed by atoms with Crippen molar-refractivity contribution in [2.45, 2.75) is 25.5 Å². The maximum atomic E-state index is 12.7. The van der Waals surface area contributed by atoms with E-state index >= 15 is 0 Å². The molecule has 218 valence electrons. The average Bonchev–Trinajstić information content (AvgIpc) is 3.66. The predicted molar refractivity (Wildman–Crippen MR) is 157 cm³/mol. The van der Waals surface area contributed by atoms with Gasteiger partial charge in [-0.2, -0.15) is 10.1 Å². The van der Waals surface area contributed by atoms with Crippen LogP contribution in [0.2, 0.25) is 0 Å². The van der Waals surface area contributed by atoms with Crippen LogP contribution < -0.4 is 15.5 Å². The summed E-state index contributed by atoms with van der Waals surface area (Å²) in [5.74, 6) is 1.45. The Labute approximate surface area is 239 Å². The Bertz CT molecular complexity index is 1390. The zero-order valence-corrected chi connectivity index (χ0v) is 23.7. The van der Waals surface area contributed by atoms with E-state index in [4.69, 9.17) is 15.1 Å². The standard InChI is InChI=1S/C28H39N11O2/c1-30-13-20(12-29)19-41-26-21-5-6-22(26)16-37(15-21)24-4-3-7-39-27(24)33-28(34-39)32-23-14-31-38(17-23)18-25(40)36-10-8-35(2)9-11-36/h3-4,7,12-14,17,21-22,26,29-30H,5-6,8-11,15-16,18-19H2,1-2H3,(H,32,34)/b20-13+,29-12?/t21-,22+,26+. The maximum absolute atomic E-state index is 12.7. The first-order chi connectivity index (χ1) is 20.0. The Hall–Kier alpha value is -3.97. The van der Waals surface area contributed by atoms with Crippen LogP contribution in [0.15, 0.2) is 42.5 Å². The van der Waals surface area contributed by atoms with Gasteiger partial charge in [0.1, 0.15) is 6.54 Å². The van der Waals surface area contributed by atoms with Gasteiger partial charge in [0.15, 0.2) is 5.65 Å². The van der Waals surface area contributed by atoms with Crippen LogP contribution in [-0.4, -0.2) is 112 Å². The summed E-state index contributed by atoms with van der Waals surface area (Å²) in [5, 5.41) is 22.9.